The van der Waals surface area contributed by atoms with Gasteiger partial charge in [-0.25, -0.2) is 0 Å². The lowest BCUT2D eigenvalue weighted by atomic mass is 9.88. The van der Waals surface area contributed by atoms with Crippen LogP contribution in [0.5, 0.6) is 0 Å². The van der Waals surface area contributed by atoms with Gasteiger partial charge in [-0.05, 0) is 57.5 Å². The zero-order valence-electron chi connectivity index (χ0n) is 15.4. The number of rotatable bonds is 3. The summed E-state index contributed by atoms with van der Waals surface area (Å²) in [6, 6.07) is 0. The van der Waals surface area contributed by atoms with E-state index in [-0.39, 0.29) is 29.5 Å². The first kappa shape index (κ1) is 20.2. The smallest absolute Gasteiger partial charge is 0.193 e. The third-order valence-corrected chi connectivity index (χ3v) is 5.94. The minimum absolute atomic E-state index is 0. The Hall–Kier alpha value is -0.0800. The molecule has 0 aromatic carbocycles. The summed E-state index contributed by atoms with van der Waals surface area (Å²) in [6.45, 7) is 9.94. The van der Waals surface area contributed by atoms with E-state index in [0.29, 0.717) is 0 Å². The second kappa shape index (κ2) is 9.57. The van der Waals surface area contributed by atoms with Crippen LogP contribution < -0.4 is 5.32 Å². The summed E-state index contributed by atoms with van der Waals surface area (Å²) < 4.78 is 5.65. The minimum Gasteiger partial charge on any atom is -0.381 e. The van der Waals surface area contributed by atoms with Gasteiger partial charge in [-0.1, -0.05) is 6.92 Å². The Labute approximate surface area is 164 Å². The molecule has 6 heteroatoms. The quantitative estimate of drug-likeness (QED) is 0.408. The molecule has 1 unspecified atom stereocenters. The molecule has 1 N–H and O–H groups in total. The van der Waals surface area contributed by atoms with Crippen LogP contribution in [0.25, 0.3) is 0 Å². The fourth-order valence-electron chi connectivity index (χ4n) is 4.51. The Balaban J connectivity index is 0.00000208. The van der Waals surface area contributed by atoms with Crippen molar-refractivity contribution in [2.75, 3.05) is 53.0 Å². The highest BCUT2D eigenvalue weighted by Gasteiger charge is 2.39. The van der Waals surface area contributed by atoms with Crippen molar-refractivity contribution in [1.29, 1.82) is 0 Å². The molecule has 0 aromatic rings. The molecule has 0 radical (unpaired) electrons. The Morgan fingerprint density at radius 3 is 2.50 bits per heavy atom. The molecule has 5 nitrogen and oxygen atoms in total. The van der Waals surface area contributed by atoms with Crippen LogP contribution in [-0.4, -0.2) is 74.3 Å². The van der Waals surface area contributed by atoms with Gasteiger partial charge in [0, 0.05) is 45.4 Å². The van der Waals surface area contributed by atoms with Crippen LogP contribution >= 0.6 is 24.0 Å². The zero-order chi connectivity index (χ0) is 16.1. The first-order chi connectivity index (χ1) is 11.2. The van der Waals surface area contributed by atoms with Crippen LogP contribution in [0.2, 0.25) is 0 Å². The monoisotopic (exact) mass is 450 g/mol. The number of ether oxygens (including phenoxy) is 1. The van der Waals surface area contributed by atoms with E-state index in [0.717, 1.165) is 57.6 Å². The molecule has 0 amide bonds. The lowest BCUT2D eigenvalue weighted by Crippen LogP contribution is -2.59. The maximum absolute atomic E-state index is 5.65. The predicted octanol–water partition coefficient (Wildman–Crippen LogP) is 2.56. The molecular weight excluding hydrogens is 415 g/mol. The number of likely N-dealkylation sites (tertiary alicyclic amines) is 2. The van der Waals surface area contributed by atoms with Crippen molar-refractivity contribution in [3.05, 3.63) is 0 Å². The largest absolute Gasteiger partial charge is 0.381 e. The number of halogens is 1. The van der Waals surface area contributed by atoms with Crippen molar-refractivity contribution in [3.8, 4) is 0 Å². The van der Waals surface area contributed by atoms with Gasteiger partial charge >= 0.3 is 0 Å². The van der Waals surface area contributed by atoms with Gasteiger partial charge in [0.25, 0.3) is 0 Å². The molecule has 0 spiro atoms. The van der Waals surface area contributed by atoms with Crippen LogP contribution in [-0.2, 0) is 4.74 Å². The van der Waals surface area contributed by atoms with Gasteiger partial charge in [0.1, 0.15) is 0 Å². The third-order valence-electron chi connectivity index (χ3n) is 5.94. The van der Waals surface area contributed by atoms with Crippen LogP contribution in [0, 0.1) is 5.92 Å². The van der Waals surface area contributed by atoms with E-state index in [9.17, 15) is 0 Å². The molecule has 3 aliphatic rings. The van der Waals surface area contributed by atoms with Crippen molar-refractivity contribution in [2.24, 2.45) is 10.9 Å². The summed E-state index contributed by atoms with van der Waals surface area (Å²) in [5.74, 6) is 1.87. The molecular formula is C18H35IN4O. The van der Waals surface area contributed by atoms with Crippen LogP contribution in [0.15, 0.2) is 4.99 Å². The molecule has 0 aromatic heterocycles. The van der Waals surface area contributed by atoms with E-state index in [2.05, 4.69) is 27.0 Å². The first-order valence-electron chi connectivity index (χ1n) is 9.52. The molecule has 1 atom stereocenters. The summed E-state index contributed by atoms with van der Waals surface area (Å²) in [7, 11) is 1.92. The Morgan fingerprint density at radius 1 is 1.17 bits per heavy atom. The predicted molar refractivity (Wildman–Crippen MR) is 110 cm³/mol. The van der Waals surface area contributed by atoms with E-state index in [1.807, 2.05) is 7.05 Å². The van der Waals surface area contributed by atoms with Crippen LogP contribution in [0.1, 0.15) is 45.4 Å². The van der Waals surface area contributed by atoms with E-state index < -0.39 is 0 Å². The molecule has 3 rings (SSSR count). The van der Waals surface area contributed by atoms with Crippen LogP contribution in [0.3, 0.4) is 0 Å². The summed E-state index contributed by atoms with van der Waals surface area (Å²) in [5, 5.41) is 3.73. The van der Waals surface area contributed by atoms with Crippen molar-refractivity contribution in [1.82, 2.24) is 15.1 Å². The molecule has 3 heterocycles. The number of hydrogen-bond donors (Lipinski definition) is 1. The molecule has 140 valence electrons. The highest BCUT2D eigenvalue weighted by Crippen LogP contribution is 2.31. The van der Waals surface area contributed by atoms with E-state index in [4.69, 9.17) is 4.74 Å². The van der Waals surface area contributed by atoms with E-state index in [1.54, 1.807) is 0 Å². The van der Waals surface area contributed by atoms with Gasteiger partial charge in [-0.2, -0.15) is 0 Å². The highest BCUT2D eigenvalue weighted by molar-refractivity contribution is 14.0. The van der Waals surface area contributed by atoms with Gasteiger partial charge in [-0.3, -0.25) is 9.89 Å². The lowest BCUT2D eigenvalue weighted by molar-refractivity contribution is -0.0167. The molecule has 0 bridgehead atoms. The number of hydrogen-bond acceptors (Lipinski definition) is 3. The van der Waals surface area contributed by atoms with Gasteiger partial charge < -0.3 is 15.0 Å². The van der Waals surface area contributed by atoms with Gasteiger partial charge in [0.15, 0.2) is 5.96 Å². The minimum atomic E-state index is 0. The van der Waals surface area contributed by atoms with Crippen LogP contribution in [0.4, 0.5) is 0 Å². The number of nitrogens with one attached hydrogen (secondary N) is 1. The maximum Gasteiger partial charge on any atom is 0.193 e. The molecule has 0 aliphatic carbocycles. The second-order valence-electron chi connectivity index (χ2n) is 7.63. The number of aliphatic imine (C=N–C) groups is 1. The third kappa shape index (κ3) is 4.75. The lowest BCUT2D eigenvalue weighted by Gasteiger charge is -2.45. The van der Waals surface area contributed by atoms with Crippen molar-refractivity contribution in [3.63, 3.8) is 0 Å². The zero-order valence-corrected chi connectivity index (χ0v) is 17.8. The van der Waals surface area contributed by atoms with Crippen molar-refractivity contribution >= 4 is 29.9 Å². The number of piperidine rings is 1. The molecule has 3 saturated heterocycles. The molecule has 24 heavy (non-hydrogen) atoms. The Morgan fingerprint density at radius 2 is 1.88 bits per heavy atom. The first-order valence-corrected chi connectivity index (χ1v) is 9.52. The standard InChI is InChI=1S/C18H34N4O.HI/c1-16-6-5-9-21(14-16)17(19-2)20-15-18(7-12-23-13-8-18)22-10-3-4-11-22;/h16H,3-15H2,1-2H3,(H,19,20);1H. The summed E-state index contributed by atoms with van der Waals surface area (Å²) in [4.78, 5) is 9.74. The topological polar surface area (TPSA) is 40.1 Å². The van der Waals surface area contributed by atoms with E-state index in [1.165, 1.54) is 38.8 Å². The maximum atomic E-state index is 5.65. The summed E-state index contributed by atoms with van der Waals surface area (Å²) in [5.41, 5.74) is 0.270. The highest BCUT2D eigenvalue weighted by atomic mass is 127. The summed E-state index contributed by atoms with van der Waals surface area (Å²) in [6.07, 6.45) is 7.62. The average molecular weight is 450 g/mol. The molecule has 3 aliphatic heterocycles. The summed E-state index contributed by atoms with van der Waals surface area (Å²) >= 11 is 0. The van der Waals surface area contributed by atoms with Gasteiger partial charge in [0.05, 0.1) is 0 Å². The van der Waals surface area contributed by atoms with Gasteiger partial charge in [0.2, 0.25) is 0 Å². The SMILES string of the molecule is CN=C(NCC1(N2CCCC2)CCOCC1)N1CCCC(C)C1.I. The van der Waals surface area contributed by atoms with Gasteiger partial charge in [-0.15, -0.1) is 24.0 Å². The second-order valence-corrected chi connectivity index (χ2v) is 7.63. The number of nitrogens with zero attached hydrogens (tertiary/aromatic N) is 3. The normalized spacial score (nSPS) is 28.5. The van der Waals surface area contributed by atoms with Crippen molar-refractivity contribution < 1.29 is 4.74 Å². The Bertz CT molecular complexity index is 406. The average Bonchev–Trinajstić information content (AvgIpc) is 3.12. The molecule has 3 fully saturated rings. The number of guanidine groups is 1. The fourth-order valence-corrected chi connectivity index (χ4v) is 4.51. The fraction of sp³-hybridized carbons (Fsp3) is 0.944. The molecule has 0 saturated carbocycles. The van der Waals surface area contributed by atoms with Crippen molar-refractivity contribution in [2.45, 2.75) is 51.0 Å². The Kier molecular flexibility index (Phi) is 8.07. The van der Waals surface area contributed by atoms with E-state index >= 15 is 0 Å².